The van der Waals surface area contributed by atoms with Crippen LogP contribution in [0.4, 0.5) is 18.9 Å². The fourth-order valence-corrected chi connectivity index (χ4v) is 2.88. The van der Waals surface area contributed by atoms with Gasteiger partial charge < -0.3 is 15.8 Å². The number of anilines is 1. The predicted octanol–water partition coefficient (Wildman–Crippen LogP) is 4.46. The Morgan fingerprint density at radius 2 is 2.08 bits per heavy atom. The molecule has 0 atom stereocenters. The standard InChI is InChI=1S/C15H15F3N4OS.HI/c16-15(17,18)23-12-4-2-1-3-10(12)22-14(19)20-7-13-21-11(8-24-13)9-5-6-9;/h1-4,8-9H,5-7H2,(H3,19,20,22);1H. The third kappa shape index (κ3) is 6.03. The van der Waals surface area contributed by atoms with Gasteiger partial charge >= 0.3 is 6.36 Å². The van der Waals surface area contributed by atoms with Crippen molar-refractivity contribution in [1.29, 1.82) is 0 Å². The van der Waals surface area contributed by atoms with Crippen LogP contribution in [0.15, 0.2) is 34.6 Å². The fourth-order valence-electron chi connectivity index (χ4n) is 2.08. The monoisotopic (exact) mass is 484 g/mol. The van der Waals surface area contributed by atoms with Crippen molar-refractivity contribution < 1.29 is 17.9 Å². The van der Waals surface area contributed by atoms with E-state index in [4.69, 9.17) is 5.73 Å². The molecule has 0 aliphatic heterocycles. The summed E-state index contributed by atoms with van der Waals surface area (Å²) in [5.74, 6) is 0.200. The number of aliphatic imine (C=N–C) groups is 1. The molecule has 1 heterocycles. The van der Waals surface area contributed by atoms with Crippen LogP contribution in [0.25, 0.3) is 0 Å². The second-order valence-corrected chi connectivity index (χ2v) is 6.25. The first-order valence-corrected chi connectivity index (χ1v) is 8.15. The van der Waals surface area contributed by atoms with E-state index in [-0.39, 0.29) is 47.9 Å². The van der Waals surface area contributed by atoms with Crippen molar-refractivity contribution >= 4 is 47.0 Å². The molecule has 3 N–H and O–H groups in total. The summed E-state index contributed by atoms with van der Waals surface area (Å²) < 4.78 is 41.1. The van der Waals surface area contributed by atoms with Crippen LogP contribution in [0, 0.1) is 0 Å². The molecular weight excluding hydrogens is 468 g/mol. The lowest BCUT2D eigenvalue weighted by Gasteiger charge is -2.13. The Hall–Kier alpha value is -1.56. The van der Waals surface area contributed by atoms with Gasteiger partial charge in [0.1, 0.15) is 5.01 Å². The summed E-state index contributed by atoms with van der Waals surface area (Å²) in [7, 11) is 0. The van der Waals surface area contributed by atoms with E-state index in [0.717, 1.165) is 10.7 Å². The molecule has 1 aromatic carbocycles. The van der Waals surface area contributed by atoms with Crippen LogP contribution in [-0.4, -0.2) is 17.3 Å². The molecule has 1 aliphatic carbocycles. The van der Waals surface area contributed by atoms with Gasteiger partial charge in [0.2, 0.25) is 0 Å². The molecule has 1 fully saturated rings. The Balaban J connectivity index is 0.00000225. The number of rotatable bonds is 5. The summed E-state index contributed by atoms with van der Waals surface area (Å²) in [6.45, 7) is 0.276. The van der Waals surface area contributed by atoms with E-state index in [1.54, 1.807) is 6.07 Å². The van der Waals surface area contributed by atoms with Crippen molar-refractivity contribution in [2.24, 2.45) is 10.7 Å². The van der Waals surface area contributed by atoms with Gasteiger partial charge in [0, 0.05) is 11.3 Å². The molecule has 0 unspecified atom stereocenters. The summed E-state index contributed by atoms with van der Waals surface area (Å²) in [6, 6.07) is 5.64. The quantitative estimate of drug-likeness (QED) is 0.374. The van der Waals surface area contributed by atoms with Crippen LogP contribution in [0.5, 0.6) is 5.75 Å². The molecule has 136 valence electrons. The van der Waals surface area contributed by atoms with Crippen molar-refractivity contribution in [2.45, 2.75) is 31.7 Å². The lowest BCUT2D eigenvalue weighted by atomic mass is 10.3. The molecule has 25 heavy (non-hydrogen) atoms. The number of guanidine groups is 1. The molecule has 5 nitrogen and oxygen atoms in total. The average Bonchev–Trinajstić information content (AvgIpc) is 3.25. The molecule has 0 saturated heterocycles. The van der Waals surface area contributed by atoms with E-state index < -0.39 is 6.36 Å². The van der Waals surface area contributed by atoms with Crippen molar-refractivity contribution in [3.8, 4) is 5.75 Å². The Morgan fingerprint density at radius 3 is 2.76 bits per heavy atom. The number of alkyl halides is 3. The molecule has 1 aliphatic rings. The summed E-state index contributed by atoms with van der Waals surface area (Å²) in [5.41, 5.74) is 6.92. The number of para-hydroxylation sites is 2. The minimum absolute atomic E-state index is 0. The topological polar surface area (TPSA) is 72.5 Å². The van der Waals surface area contributed by atoms with E-state index in [0.29, 0.717) is 5.92 Å². The maximum atomic E-state index is 12.4. The maximum absolute atomic E-state index is 12.4. The summed E-state index contributed by atoms with van der Waals surface area (Å²) in [5, 5.41) is 5.46. The van der Waals surface area contributed by atoms with E-state index in [9.17, 15) is 13.2 Å². The highest BCUT2D eigenvalue weighted by molar-refractivity contribution is 14.0. The van der Waals surface area contributed by atoms with Gasteiger partial charge in [-0.3, -0.25) is 0 Å². The Morgan fingerprint density at radius 1 is 1.36 bits per heavy atom. The van der Waals surface area contributed by atoms with Crippen molar-refractivity contribution in [3.05, 3.63) is 40.3 Å². The SMILES string of the molecule is I.NC(=NCc1nc(C2CC2)cs1)Nc1ccccc1OC(F)(F)F. The number of aromatic nitrogens is 1. The summed E-state index contributed by atoms with van der Waals surface area (Å²) in [4.78, 5) is 8.59. The van der Waals surface area contributed by atoms with Crippen molar-refractivity contribution in [3.63, 3.8) is 0 Å². The number of halogens is 4. The first kappa shape index (κ1) is 19.8. The first-order chi connectivity index (χ1) is 11.4. The Bertz CT molecular complexity index is 746. The number of benzene rings is 1. The van der Waals surface area contributed by atoms with E-state index in [1.165, 1.54) is 42.4 Å². The van der Waals surface area contributed by atoms with Gasteiger partial charge in [0.25, 0.3) is 0 Å². The third-order valence-electron chi connectivity index (χ3n) is 3.33. The molecule has 1 saturated carbocycles. The van der Waals surface area contributed by atoms with E-state index in [1.807, 2.05) is 5.38 Å². The van der Waals surface area contributed by atoms with Gasteiger partial charge in [-0.05, 0) is 25.0 Å². The molecule has 1 aromatic heterocycles. The highest BCUT2D eigenvalue weighted by Gasteiger charge is 2.32. The van der Waals surface area contributed by atoms with Crippen LogP contribution in [0.2, 0.25) is 0 Å². The molecule has 0 spiro atoms. The number of hydrogen-bond donors (Lipinski definition) is 2. The molecule has 2 aromatic rings. The number of nitrogens with two attached hydrogens (primary N) is 1. The number of nitrogens with one attached hydrogen (secondary N) is 1. The van der Waals surface area contributed by atoms with Crippen molar-refractivity contribution in [2.75, 3.05) is 5.32 Å². The summed E-state index contributed by atoms with van der Waals surface area (Å²) >= 11 is 1.50. The number of hydrogen-bond acceptors (Lipinski definition) is 4. The Labute approximate surface area is 163 Å². The highest BCUT2D eigenvalue weighted by atomic mass is 127. The second-order valence-electron chi connectivity index (χ2n) is 5.31. The zero-order valence-electron chi connectivity index (χ0n) is 12.9. The van der Waals surface area contributed by atoms with Crippen LogP contribution >= 0.6 is 35.3 Å². The smallest absolute Gasteiger partial charge is 0.404 e. The molecule has 0 bridgehead atoms. The third-order valence-corrected chi connectivity index (χ3v) is 4.18. The van der Waals surface area contributed by atoms with Gasteiger partial charge in [0.15, 0.2) is 11.7 Å². The maximum Gasteiger partial charge on any atom is 0.573 e. The lowest BCUT2D eigenvalue weighted by Crippen LogP contribution is -2.24. The van der Waals surface area contributed by atoms with E-state index >= 15 is 0 Å². The van der Waals surface area contributed by atoms with Gasteiger partial charge in [-0.1, -0.05) is 12.1 Å². The number of ether oxygens (including phenoxy) is 1. The van der Waals surface area contributed by atoms with Gasteiger partial charge in [-0.2, -0.15) is 0 Å². The minimum atomic E-state index is -4.77. The molecular formula is C15H16F3IN4OS. The fraction of sp³-hybridized carbons (Fsp3) is 0.333. The first-order valence-electron chi connectivity index (χ1n) is 7.27. The van der Waals surface area contributed by atoms with Crippen LogP contribution in [0.1, 0.15) is 29.5 Å². The molecule has 0 radical (unpaired) electrons. The highest BCUT2D eigenvalue weighted by Crippen LogP contribution is 2.40. The normalized spacial score (nSPS) is 14.8. The average molecular weight is 484 g/mol. The molecule has 3 rings (SSSR count). The Kier molecular flexibility index (Phi) is 6.49. The number of thiazole rings is 1. The largest absolute Gasteiger partial charge is 0.573 e. The molecule has 0 amide bonds. The zero-order chi connectivity index (χ0) is 17.2. The molecule has 10 heteroatoms. The number of nitrogens with zero attached hydrogens (tertiary/aromatic N) is 2. The lowest BCUT2D eigenvalue weighted by molar-refractivity contribution is -0.274. The minimum Gasteiger partial charge on any atom is -0.404 e. The van der Waals surface area contributed by atoms with Crippen LogP contribution in [0.3, 0.4) is 0 Å². The zero-order valence-corrected chi connectivity index (χ0v) is 16.1. The van der Waals surface area contributed by atoms with Crippen molar-refractivity contribution in [1.82, 2.24) is 4.98 Å². The van der Waals surface area contributed by atoms with Crippen LogP contribution < -0.4 is 15.8 Å². The van der Waals surface area contributed by atoms with Gasteiger partial charge in [-0.15, -0.1) is 48.5 Å². The van der Waals surface area contributed by atoms with Crippen LogP contribution in [-0.2, 0) is 6.54 Å². The summed E-state index contributed by atoms with van der Waals surface area (Å²) in [6.07, 6.45) is -2.43. The predicted molar refractivity (Wildman–Crippen MR) is 102 cm³/mol. The van der Waals surface area contributed by atoms with Gasteiger partial charge in [0.05, 0.1) is 17.9 Å². The second kappa shape index (κ2) is 8.21. The van der Waals surface area contributed by atoms with E-state index in [2.05, 4.69) is 20.0 Å². The van der Waals surface area contributed by atoms with Gasteiger partial charge in [-0.25, -0.2) is 9.98 Å².